The highest BCUT2D eigenvalue weighted by Crippen LogP contribution is 2.61. The summed E-state index contributed by atoms with van der Waals surface area (Å²) in [5, 5.41) is 4.71. The SMILES string of the molecule is Brc1cnn(-c2ccccc2)c1C12CC3CC(CC(C3)C1)C2. The molecule has 3 heteroatoms. The van der Waals surface area contributed by atoms with Gasteiger partial charge in [0.1, 0.15) is 0 Å². The lowest BCUT2D eigenvalue weighted by Gasteiger charge is -2.56. The molecule has 0 N–H and O–H groups in total. The van der Waals surface area contributed by atoms with Crippen molar-refractivity contribution in [2.45, 2.75) is 43.9 Å². The van der Waals surface area contributed by atoms with Gasteiger partial charge >= 0.3 is 0 Å². The molecule has 2 aromatic rings. The minimum atomic E-state index is 0.361. The first-order valence-corrected chi connectivity index (χ1v) is 9.32. The Balaban J connectivity index is 1.65. The van der Waals surface area contributed by atoms with Gasteiger partial charge in [-0.05, 0) is 84.3 Å². The van der Waals surface area contributed by atoms with Gasteiger partial charge in [-0.15, -0.1) is 0 Å². The number of para-hydroxylation sites is 1. The van der Waals surface area contributed by atoms with Crippen LogP contribution in [0.4, 0.5) is 0 Å². The predicted octanol–water partition coefficient (Wildman–Crippen LogP) is 5.10. The van der Waals surface area contributed by atoms with Crippen LogP contribution in [0.1, 0.15) is 44.2 Å². The molecule has 2 nitrogen and oxygen atoms in total. The molecule has 1 aromatic carbocycles. The molecule has 114 valence electrons. The van der Waals surface area contributed by atoms with Crippen molar-refractivity contribution in [3.63, 3.8) is 0 Å². The normalized spacial score (nSPS) is 36.0. The van der Waals surface area contributed by atoms with E-state index in [4.69, 9.17) is 5.10 Å². The second-order valence-corrected chi connectivity index (χ2v) is 8.64. The van der Waals surface area contributed by atoms with E-state index in [0.717, 1.165) is 17.8 Å². The van der Waals surface area contributed by atoms with Gasteiger partial charge in [-0.25, -0.2) is 4.68 Å². The Morgan fingerprint density at radius 1 is 0.955 bits per heavy atom. The van der Waals surface area contributed by atoms with Gasteiger partial charge in [0, 0.05) is 5.41 Å². The minimum Gasteiger partial charge on any atom is -0.236 e. The van der Waals surface area contributed by atoms with Gasteiger partial charge in [0.25, 0.3) is 0 Å². The van der Waals surface area contributed by atoms with Crippen molar-refractivity contribution >= 4 is 15.9 Å². The van der Waals surface area contributed by atoms with E-state index < -0.39 is 0 Å². The highest BCUT2D eigenvalue weighted by atomic mass is 79.9. The number of hydrogen-bond acceptors (Lipinski definition) is 1. The van der Waals surface area contributed by atoms with Crippen molar-refractivity contribution in [1.82, 2.24) is 9.78 Å². The molecule has 0 amide bonds. The van der Waals surface area contributed by atoms with Crippen molar-refractivity contribution in [3.8, 4) is 5.69 Å². The van der Waals surface area contributed by atoms with Crippen LogP contribution in [0.25, 0.3) is 5.69 Å². The Kier molecular flexibility index (Phi) is 2.86. The molecule has 0 radical (unpaired) electrons. The molecule has 1 aromatic heterocycles. The molecular formula is C19H21BrN2. The summed E-state index contributed by atoms with van der Waals surface area (Å²) in [5.74, 6) is 2.87. The van der Waals surface area contributed by atoms with Gasteiger partial charge in [-0.3, -0.25) is 0 Å². The average molecular weight is 357 g/mol. The van der Waals surface area contributed by atoms with E-state index in [2.05, 4.69) is 50.9 Å². The van der Waals surface area contributed by atoms with Crippen molar-refractivity contribution in [1.29, 1.82) is 0 Å². The van der Waals surface area contributed by atoms with Crippen molar-refractivity contribution in [2.75, 3.05) is 0 Å². The van der Waals surface area contributed by atoms with Crippen molar-refractivity contribution < 1.29 is 0 Å². The third-order valence-electron chi connectivity index (χ3n) is 6.27. The number of rotatable bonds is 2. The molecule has 4 aliphatic rings. The quantitative estimate of drug-likeness (QED) is 0.731. The number of hydrogen-bond donors (Lipinski definition) is 0. The van der Waals surface area contributed by atoms with Gasteiger partial charge in [0.15, 0.2) is 0 Å². The fourth-order valence-corrected chi connectivity index (χ4v) is 6.65. The van der Waals surface area contributed by atoms with Gasteiger partial charge in [0.05, 0.1) is 22.1 Å². The topological polar surface area (TPSA) is 17.8 Å². The lowest BCUT2D eigenvalue weighted by atomic mass is 9.49. The lowest BCUT2D eigenvalue weighted by molar-refractivity contribution is -0.00860. The fraction of sp³-hybridized carbons (Fsp3) is 0.526. The van der Waals surface area contributed by atoms with E-state index >= 15 is 0 Å². The molecule has 0 aliphatic heterocycles. The van der Waals surface area contributed by atoms with Crippen LogP contribution in [0.15, 0.2) is 41.0 Å². The molecule has 1 heterocycles. The number of benzene rings is 1. The molecule has 22 heavy (non-hydrogen) atoms. The molecule has 4 fully saturated rings. The first kappa shape index (κ1) is 13.4. The van der Waals surface area contributed by atoms with Crippen molar-refractivity contribution in [3.05, 3.63) is 46.7 Å². The standard InChI is InChI=1S/C19H21BrN2/c20-17-12-21-22(16-4-2-1-3-5-16)18(17)19-9-13-6-14(10-19)8-15(7-13)11-19/h1-5,12-15H,6-11H2. The lowest BCUT2D eigenvalue weighted by Crippen LogP contribution is -2.49. The monoisotopic (exact) mass is 356 g/mol. The van der Waals surface area contributed by atoms with Crippen LogP contribution in [0.3, 0.4) is 0 Å². The largest absolute Gasteiger partial charge is 0.236 e. The first-order chi connectivity index (χ1) is 10.7. The number of halogens is 1. The Morgan fingerprint density at radius 2 is 1.55 bits per heavy atom. The van der Waals surface area contributed by atoms with Crippen LogP contribution in [0.2, 0.25) is 0 Å². The Labute approximate surface area is 140 Å². The summed E-state index contributed by atoms with van der Waals surface area (Å²) in [6, 6.07) is 10.6. The van der Waals surface area contributed by atoms with E-state index in [1.54, 1.807) is 0 Å². The number of nitrogens with zero attached hydrogens (tertiary/aromatic N) is 2. The summed E-state index contributed by atoms with van der Waals surface area (Å²) >= 11 is 3.82. The van der Waals surface area contributed by atoms with Gasteiger partial charge < -0.3 is 0 Å². The summed E-state index contributed by atoms with van der Waals surface area (Å²) in [7, 11) is 0. The first-order valence-electron chi connectivity index (χ1n) is 8.53. The smallest absolute Gasteiger partial charge is 0.0649 e. The molecule has 6 rings (SSSR count). The Morgan fingerprint density at radius 3 is 2.14 bits per heavy atom. The van der Waals surface area contributed by atoms with E-state index in [-0.39, 0.29) is 0 Å². The molecule has 4 saturated carbocycles. The highest BCUT2D eigenvalue weighted by molar-refractivity contribution is 9.10. The average Bonchev–Trinajstić information content (AvgIpc) is 2.89. The van der Waals surface area contributed by atoms with E-state index in [0.29, 0.717) is 5.41 Å². The van der Waals surface area contributed by atoms with E-state index in [9.17, 15) is 0 Å². The molecular weight excluding hydrogens is 336 g/mol. The summed E-state index contributed by atoms with van der Waals surface area (Å²) < 4.78 is 3.41. The van der Waals surface area contributed by atoms with Gasteiger partial charge in [0.2, 0.25) is 0 Å². The van der Waals surface area contributed by atoms with Crippen LogP contribution in [-0.2, 0) is 5.41 Å². The van der Waals surface area contributed by atoms with Crippen LogP contribution in [0.5, 0.6) is 0 Å². The van der Waals surface area contributed by atoms with Gasteiger partial charge in [-0.2, -0.15) is 5.10 Å². The van der Waals surface area contributed by atoms with Crippen LogP contribution in [0, 0.1) is 17.8 Å². The highest BCUT2D eigenvalue weighted by Gasteiger charge is 2.53. The third kappa shape index (κ3) is 1.87. The zero-order chi connectivity index (χ0) is 14.7. The zero-order valence-corrected chi connectivity index (χ0v) is 14.3. The van der Waals surface area contributed by atoms with Gasteiger partial charge in [-0.1, -0.05) is 18.2 Å². The summed E-state index contributed by atoms with van der Waals surface area (Å²) in [6.07, 6.45) is 10.6. The van der Waals surface area contributed by atoms with Crippen LogP contribution >= 0.6 is 15.9 Å². The maximum atomic E-state index is 4.71. The fourth-order valence-electron chi connectivity index (χ4n) is 5.97. The van der Waals surface area contributed by atoms with Crippen molar-refractivity contribution in [2.24, 2.45) is 17.8 Å². The summed E-state index contributed by atoms with van der Waals surface area (Å²) in [5.41, 5.74) is 3.00. The van der Waals surface area contributed by atoms with Crippen LogP contribution in [-0.4, -0.2) is 9.78 Å². The van der Waals surface area contributed by atoms with Crippen LogP contribution < -0.4 is 0 Å². The molecule has 0 unspecified atom stereocenters. The molecule has 4 bridgehead atoms. The molecule has 0 atom stereocenters. The number of aromatic nitrogens is 2. The van der Waals surface area contributed by atoms with E-state index in [1.807, 2.05) is 6.20 Å². The zero-order valence-electron chi connectivity index (χ0n) is 12.7. The predicted molar refractivity (Wildman–Crippen MR) is 91.1 cm³/mol. The second kappa shape index (κ2) is 4.70. The van der Waals surface area contributed by atoms with E-state index in [1.165, 1.54) is 54.4 Å². The maximum Gasteiger partial charge on any atom is 0.0649 e. The third-order valence-corrected chi connectivity index (χ3v) is 6.85. The summed E-state index contributed by atoms with van der Waals surface area (Å²) in [6.45, 7) is 0. The Hall–Kier alpha value is -1.09. The molecule has 4 aliphatic carbocycles. The summed E-state index contributed by atoms with van der Waals surface area (Å²) in [4.78, 5) is 0. The maximum absolute atomic E-state index is 4.71. The Bertz CT molecular complexity index is 668. The second-order valence-electron chi connectivity index (χ2n) is 7.79. The molecule has 0 saturated heterocycles. The minimum absolute atomic E-state index is 0.361. The molecule has 0 spiro atoms.